The van der Waals surface area contributed by atoms with E-state index >= 15 is 0 Å². The van der Waals surface area contributed by atoms with E-state index in [0.717, 1.165) is 16.6 Å². The molecule has 1 aromatic carbocycles. The molecule has 0 spiro atoms. The van der Waals surface area contributed by atoms with Crippen LogP contribution in [0.1, 0.15) is 32.1 Å². The van der Waals surface area contributed by atoms with E-state index < -0.39 is 0 Å². The first-order chi connectivity index (χ1) is 11.7. The van der Waals surface area contributed by atoms with E-state index in [1.165, 1.54) is 37.6 Å². The van der Waals surface area contributed by atoms with Gasteiger partial charge in [0.15, 0.2) is 0 Å². The average Bonchev–Trinajstić information content (AvgIpc) is 2.99. The Morgan fingerprint density at radius 2 is 2.00 bits per heavy atom. The summed E-state index contributed by atoms with van der Waals surface area (Å²) in [6.07, 6.45) is 10.0. The minimum atomic E-state index is 0.472. The molecule has 124 valence electrons. The summed E-state index contributed by atoms with van der Waals surface area (Å²) >= 11 is 6.42. The van der Waals surface area contributed by atoms with Gasteiger partial charge in [0.05, 0.1) is 16.9 Å². The van der Waals surface area contributed by atoms with E-state index in [-0.39, 0.29) is 0 Å². The largest absolute Gasteiger partial charge is 0.351 e. The predicted molar refractivity (Wildman–Crippen MR) is 99.5 cm³/mol. The zero-order valence-corrected chi connectivity index (χ0v) is 14.6. The van der Waals surface area contributed by atoms with Crippen molar-refractivity contribution in [1.82, 2.24) is 14.5 Å². The first-order valence-corrected chi connectivity index (χ1v) is 8.93. The van der Waals surface area contributed by atoms with Crippen LogP contribution in [0.2, 0.25) is 5.02 Å². The molecule has 2 heterocycles. The van der Waals surface area contributed by atoms with Crippen molar-refractivity contribution in [3.05, 3.63) is 41.7 Å². The third kappa shape index (κ3) is 2.86. The first-order valence-electron chi connectivity index (χ1n) is 8.56. The van der Waals surface area contributed by atoms with E-state index in [9.17, 15) is 0 Å². The maximum Gasteiger partial charge on any atom is 0.223 e. The van der Waals surface area contributed by atoms with E-state index in [1.54, 1.807) is 6.20 Å². The number of nitrogens with one attached hydrogen (secondary N) is 1. The van der Waals surface area contributed by atoms with E-state index in [2.05, 4.69) is 39.3 Å². The fourth-order valence-electron chi connectivity index (χ4n) is 3.56. The van der Waals surface area contributed by atoms with Crippen LogP contribution in [0.5, 0.6) is 0 Å². The smallest absolute Gasteiger partial charge is 0.223 e. The molecule has 1 aliphatic rings. The summed E-state index contributed by atoms with van der Waals surface area (Å²) in [5.74, 6) is 0.675. The lowest BCUT2D eigenvalue weighted by atomic mass is 9.96. The lowest BCUT2D eigenvalue weighted by Gasteiger charge is -2.23. The van der Waals surface area contributed by atoms with Gasteiger partial charge >= 0.3 is 0 Å². The lowest BCUT2D eigenvalue weighted by molar-refractivity contribution is 0.461. The molecule has 1 saturated carbocycles. The van der Waals surface area contributed by atoms with Gasteiger partial charge < -0.3 is 9.88 Å². The lowest BCUT2D eigenvalue weighted by Crippen LogP contribution is -2.23. The number of fused-ring (bicyclic) bond motifs is 1. The maximum atomic E-state index is 6.42. The van der Waals surface area contributed by atoms with Crippen molar-refractivity contribution < 1.29 is 0 Å². The Morgan fingerprint density at radius 3 is 2.83 bits per heavy atom. The number of aromatic nitrogens is 3. The van der Waals surface area contributed by atoms with Crippen LogP contribution in [0.15, 0.2) is 36.7 Å². The second kappa shape index (κ2) is 6.44. The van der Waals surface area contributed by atoms with Crippen LogP contribution in [0.4, 0.5) is 5.95 Å². The molecule has 0 atom stereocenters. The van der Waals surface area contributed by atoms with Crippen molar-refractivity contribution in [2.24, 2.45) is 7.05 Å². The fourth-order valence-corrected chi connectivity index (χ4v) is 3.76. The van der Waals surface area contributed by atoms with Crippen LogP contribution in [-0.4, -0.2) is 20.6 Å². The van der Waals surface area contributed by atoms with E-state index in [4.69, 9.17) is 16.6 Å². The molecule has 4 rings (SSSR count). The quantitative estimate of drug-likeness (QED) is 0.726. The molecule has 4 nitrogen and oxygen atoms in total. The Bertz CT molecular complexity index is 865. The molecule has 0 aliphatic heterocycles. The van der Waals surface area contributed by atoms with Gasteiger partial charge in [0.25, 0.3) is 0 Å². The van der Waals surface area contributed by atoms with Gasteiger partial charge in [-0.15, -0.1) is 0 Å². The highest BCUT2D eigenvalue weighted by Gasteiger charge is 2.16. The van der Waals surface area contributed by atoms with Crippen molar-refractivity contribution in [3.63, 3.8) is 0 Å². The number of rotatable bonds is 3. The number of aryl methyl sites for hydroxylation is 1. The number of nitrogens with zero attached hydrogens (tertiary/aromatic N) is 3. The summed E-state index contributed by atoms with van der Waals surface area (Å²) in [5.41, 5.74) is 3.01. The third-order valence-corrected chi connectivity index (χ3v) is 5.14. The highest BCUT2D eigenvalue weighted by Crippen LogP contribution is 2.33. The average molecular weight is 341 g/mol. The Kier molecular flexibility index (Phi) is 4.15. The van der Waals surface area contributed by atoms with Crippen LogP contribution in [-0.2, 0) is 7.05 Å². The van der Waals surface area contributed by atoms with Gasteiger partial charge in [0.2, 0.25) is 5.95 Å². The SMILES string of the molecule is Cn1ccc2c(-c3nc(NC4CCCCC4)ncc3Cl)cccc21. The molecule has 2 aromatic heterocycles. The van der Waals surface area contributed by atoms with Crippen molar-refractivity contribution in [2.45, 2.75) is 38.1 Å². The monoisotopic (exact) mass is 340 g/mol. The van der Waals surface area contributed by atoms with Crippen molar-refractivity contribution >= 4 is 28.5 Å². The highest BCUT2D eigenvalue weighted by molar-refractivity contribution is 6.33. The van der Waals surface area contributed by atoms with Crippen LogP contribution in [0.3, 0.4) is 0 Å². The summed E-state index contributed by atoms with van der Waals surface area (Å²) in [6.45, 7) is 0. The van der Waals surface area contributed by atoms with E-state index in [0.29, 0.717) is 17.0 Å². The molecule has 1 aliphatic carbocycles. The first kappa shape index (κ1) is 15.5. The normalized spacial score (nSPS) is 15.8. The topological polar surface area (TPSA) is 42.7 Å². The van der Waals surface area contributed by atoms with Crippen LogP contribution >= 0.6 is 11.6 Å². The summed E-state index contributed by atoms with van der Waals surface area (Å²) < 4.78 is 2.11. The molecule has 1 N–H and O–H groups in total. The molecule has 1 fully saturated rings. The maximum absolute atomic E-state index is 6.42. The van der Waals surface area contributed by atoms with Crippen LogP contribution in [0, 0.1) is 0 Å². The highest BCUT2D eigenvalue weighted by atomic mass is 35.5. The summed E-state index contributed by atoms with van der Waals surface area (Å²) in [6, 6.07) is 8.80. The number of benzene rings is 1. The van der Waals surface area contributed by atoms with Crippen LogP contribution in [0.25, 0.3) is 22.2 Å². The second-order valence-corrected chi connectivity index (χ2v) is 6.94. The molecule has 0 saturated heterocycles. The predicted octanol–water partition coefficient (Wildman–Crippen LogP) is 5.03. The van der Waals surface area contributed by atoms with E-state index in [1.807, 2.05) is 13.1 Å². The van der Waals surface area contributed by atoms with Gasteiger partial charge in [-0.1, -0.05) is 43.0 Å². The summed E-state index contributed by atoms with van der Waals surface area (Å²) in [4.78, 5) is 9.12. The molecule has 3 aromatic rings. The van der Waals surface area contributed by atoms with Crippen molar-refractivity contribution in [1.29, 1.82) is 0 Å². The van der Waals surface area contributed by atoms with Gasteiger partial charge in [-0.25, -0.2) is 9.97 Å². The van der Waals surface area contributed by atoms with Crippen molar-refractivity contribution in [2.75, 3.05) is 5.32 Å². The zero-order chi connectivity index (χ0) is 16.5. The molecule has 24 heavy (non-hydrogen) atoms. The Morgan fingerprint density at radius 1 is 1.17 bits per heavy atom. The molecule has 0 radical (unpaired) electrons. The third-order valence-electron chi connectivity index (χ3n) is 4.87. The molecule has 0 amide bonds. The van der Waals surface area contributed by atoms with Gasteiger partial charge in [-0.3, -0.25) is 0 Å². The van der Waals surface area contributed by atoms with Crippen molar-refractivity contribution in [3.8, 4) is 11.3 Å². The number of hydrogen-bond donors (Lipinski definition) is 1. The molecule has 0 bridgehead atoms. The van der Waals surface area contributed by atoms with Gasteiger partial charge in [-0.2, -0.15) is 0 Å². The standard InChI is InChI=1S/C19H21ClN4/c1-24-11-10-14-15(8-5-9-17(14)24)18-16(20)12-21-19(23-18)22-13-6-3-2-4-7-13/h5,8-13H,2-4,6-7H2,1H3,(H,21,22,23). The Balaban J connectivity index is 1.72. The summed E-state index contributed by atoms with van der Waals surface area (Å²) in [7, 11) is 2.05. The fraction of sp³-hybridized carbons (Fsp3) is 0.368. The Labute approximate surface area is 146 Å². The zero-order valence-electron chi connectivity index (χ0n) is 13.8. The van der Waals surface area contributed by atoms with Gasteiger partial charge in [-0.05, 0) is 25.0 Å². The minimum Gasteiger partial charge on any atom is -0.351 e. The molecule has 0 unspecified atom stereocenters. The van der Waals surface area contributed by atoms with Crippen LogP contribution < -0.4 is 5.32 Å². The molecular weight excluding hydrogens is 320 g/mol. The van der Waals surface area contributed by atoms with Gasteiger partial charge in [0.1, 0.15) is 0 Å². The minimum absolute atomic E-state index is 0.472. The number of anilines is 1. The second-order valence-electron chi connectivity index (χ2n) is 6.53. The number of halogens is 1. The summed E-state index contributed by atoms with van der Waals surface area (Å²) in [5, 5.41) is 5.23. The van der Waals surface area contributed by atoms with Gasteiger partial charge in [0, 0.05) is 35.8 Å². The Hall–Kier alpha value is -2.07. The molecular formula is C19H21ClN4. The number of hydrogen-bond acceptors (Lipinski definition) is 3. The molecule has 5 heteroatoms.